The minimum atomic E-state index is -0.155. The summed E-state index contributed by atoms with van der Waals surface area (Å²) in [4.78, 5) is 28.8. The first-order valence-corrected chi connectivity index (χ1v) is 8.97. The van der Waals surface area contributed by atoms with Crippen LogP contribution in [0, 0.1) is 6.92 Å². The van der Waals surface area contributed by atoms with Crippen LogP contribution in [0.3, 0.4) is 0 Å². The van der Waals surface area contributed by atoms with Crippen LogP contribution in [0.15, 0.2) is 34.2 Å². The third-order valence-electron chi connectivity index (χ3n) is 4.17. The summed E-state index contributed by atoms with van der Waals surface area (Å²) in [7, 11) is 0. The number of aryl methyl sites for hydroxylation is 1. The van der Waals surface area contributed by atoms with Crippen molar-refractivity contribution < 1.29 is 14.3 Å². The van der Waals surface area contributed by atoms with E-state index in [2.05, 4.69) is 10.3 Å². The molecule has 1 atom stereocenters. The average Bonchev–Trinajstić information content (AvgIpc) is 3.19. The number of amides is 1. The van der Waals surface area contributed by atoms with Gasteiger partial charge in [0.1, 0.15) is 0 Å². The molecule has 4 rings (SSSR count). The van der Waals surface area contributed by atoms with E-state index < -0.39 is 0 Å². The molecule has 1 N–H and O–H groups in total. The Morgan fingerprint density at radius 1 is 1.36 bits per heavy atom. The number of nitrogens with one attached hydrogen (secondary N) is 1. The molecule has 0 saturated heterocycles. The summed E-state index contributed by atoms with van der Waals surface area (Å²) in [5.41, 5.74) is 1.55. The number of benzene rings is 1. The second kappa shape index (κ2) is 6.44. The number of thioether (sulfide) groups is 1. The lowest BCUT2D eigenvalue weighted by Crippen LogP contribution is -2.30. The summed E-state index contributed by atoms with van der Waals surface area (Å²) in [5, 5.41) is 3.59. The van der Waals surface area contributed by atoms with Crippen molar-refractivity contribution in [3.63, 3.8) is 0 Å². The molecule has 0 spiro atoms. The van der Waals surface area contributed by atoms with Crippen LogP contribution in [-0.2, 0) is 11.3 Å². The van der Waals surface area contributed by atoms with E-state index in [-0.39, 0.29) is 30.7 Å². The number of fused-ring (bicyclic) bond motifs is 2. The molecule has 0 fully saturated rings. The van der Waals surface area contributed by atoms with Crippen LogP contribution in [0.1, 0.15) is 23.7 Å². The van der Waals surface area contributed by atoms with Gasteiger partial charge in [0.15, 0.2) is 16.7 Å². The van der Waals surface area contributed by atoms with Crippen molar-refractivity contribution in [3.8, 4) is 11.5 Å². The van der Waals surface area contributed by atoms with Crippen LogP contribution in [-0.4, -0.2) is 28.0 Å². The Morgan fingerprint density at radius 2 is 2.20 bits per heavy atom. The standard InChI is InChI=1S/C17H17N3O4S/c1-10-4-16(22)20-12(8-25-17(20)19-10)6-15(21)18-7-11-2-3-13-14(5-11)24-9-23-13/h2-5,12H,6-9H2,1H3,(H,18,21). The third kappa shape index (κ3) is 3.21. The van der Waals surface area contributed by atoms with Crippen LogP contribution in [0.4, 0.5) is 0 Å². The highest BCUT2D eigenvalue weighted by Crippen LogP contribution is 2.33. The lowest BCUT2D eigenvalue weighted by Gasteiger charge is -2.13. The Balaban J connectivity index is 1.39. The SMILES string of the molecule is Cc1cc(=O)n2c(n1)SCC2CC(=O)NCc1ccc2c(c1)OCO2. The lowest BCUT2D eigenvalue weighted by atomic mass is 10.2. The Morgan fingerprint density at radius 3 is 3.08 bits per heavy atom. The fourth-order valence-electron chi connectivity index (χ4n) is 2.95. The first-order chi connectivity index (χ1) is 12.1. The van der Waals surface area contributed by atoms with Crippen molar-refractivity contribution in [2.24, 2.45) is 0 Å². The van der Waals surface area contributed by atoms with E-state index in [0.29, 0.717) is 28.9 Å². The van der Waals surface area contributed by atoms with Gasteiger partial charge in [-0.1, -0.05) is 17.8 Å². The molecular weight excluding hydrogens is 342 g/mol. The van der Waals surface area contributed by atoms with Crippen molar-refractivity contribution in [1.29, 1.82) is 0 Å². The fourth-order valence-corrected chi connectivity index (χ4v) is 4.15. The Kier molecular flexibility index (Phi) is 4.12. The molecule has 2 aliphatic rings. The number of hydrogen-bond acceptors (Lipinski definition) is 6. The summed E-state index contributed by atoms with van der Waals surface area (Å²) in [6, 6.07) is 6.94. The monoisotopic (exact) mass is 359 g/mol. The first kappa shape index (κ1) is 16.0. The number of carbonyl (C=O) groups is 1. The molecule has 3 heterocycles. The van der Waals surface area contributed by atoms with Gasteiger partial charge in [-0.15, -0.1) is 0 Å². The third-order valence-corrected chi connectivity index (χ3v) is 5.26. The Labute approximate surface area is 148 Å². The molecule has 1 aromatic carbocycles. The molecule has 8 heteroatoms. The van der Waals surface area contributed by atoms with Crippen LogP contribution < -0.4 is 20.3 Å². The number of rotatable bonds is 4. The van der Waals surface area contributed by atoms with Gasteiger partial charge < -0.3 is 14.8 Å². The molecule has 2 aliphatic heterocycles. The molecule has 7 nitrogen and oxygen atoms in total. The molecule has 1 aromatic heterocycles. The molecule has 1 amide bonds. The molecule has 0 aliphatic carbocycles. The Hall–Kier alpha value is -2.48. The number of hydrogen-bond donors (Lipinski definition) is 1. The molecule has 0 bridgehead atoms. The molecule has 0 radical (unpaired) electrons. The topological polar surface area (TPSA) is 82.5 Å². The van der Waals surface area contributed by atoms with Crippen molar-refractivity contribution >= 4 is 17.7 Å². The molecule has 130 valence electrons. The van der Waals surface area contributed by atoms with Crippen LogP contribution in [0.25, 0.3) is 0 Å². The highest BCUT2D eigenvalue weighted by Gasteiger charge is 2.27. The van der Waals surface area contributed by atoms with Crippen molar-refractivity contribution in [2.75, 3.05) is 12.5 Å². The largest absolute Gasteiger partial charge is 0.454 e. The van der Waals surface area contributed by atoms with E-state index in [9.17, 15) is 9.59 Å². The quantitative estimate of drug-likeness (QED) is 0.836. The first-order valence-electron chi connectivity index (χ1n) is 7.98. The minimum absolute atomic E-state index is 0.0939. The average molecular weight is 359 g/mol. The zero-order valence-electron chi connectivity index (χ0n) is 13.7. The molecule has 25 heavy (non-hydrogen) atoms. The maximum Gasteiger partial charge on any atom is 0.254 e. The van der Waals surface area contributed by atoms with Crippen molar-refractivity contribution in [3.05, 3.63) is 45.9 Å². The van der Waals surface area contributed by atoms with Gasteiger partial charge in [-0.3, -0.25) is 14.2 Å². The molecular formula is C17H17N3O4S. The summed E-state index contributed by atoms with van der Waals surface area (Å²) in [6.07, 6.45) is 0.259. The van der Waals surface area contributed by atoms with Crippen LogP contribution in [0.5, 0.6) is 11.5 Å². The van der Waals surface area contributed by atoms with Gasteiger partial charge in [-0.2, -0.15) is 0 Å². The van der Waals surface area contributed by atoms with Gasteiger partial charge in [-0.05, 0) is 24.6 Å². The maximum atomic E-state index is 12.3. The summed E-state index contributed by atoms with van der Waals surface area (Å²) < 4.78 is 12.2. The van der Waals surface area contributed by atoms with Gasteiger partial charge >= 0.3 is 0 Å². The highest BCUT2D eigenvalue weighted by atomic mass is 32.2. The fraction of sp³-hybridized carbons (Fsp3) is 0.353. The second-order valence-corrected chi connectivity index (χ2v) is 7.01. The number of aromatic nitrogens is 2. The normalized spacial score (nSPS) is 17.4. The van der Waals surface area contributed by atoms with E-state index in [1.54, 1.807) is 11.5 Å². The molecule has 1 unspecified atom stereocenters. The minimum Gasteiger partial charge on any atom is -0.454 e. The van der Waals surface area contributed by atoms with Crippen molar-refractivity contribution in [1.82, 2.24) is 14.9 Å². The van der Waals surface area contributed by atoms with Crippen LogP contribution in [0.2, 0.25) is 0 Å². The van der Waals surface area contributed by atoms with E-state index >= 15 is 0 Å². The van der Waals surface area contributed by atoms with E-state index in [1.165, 1.54) is 17.8 Å². The zero-order valence-corrected chi connectivity index (χ0v) is 14.5. The van der Waals surface area contributed by atoms with Gasteiger partial charge in [0.25, 0.3) is 5.56 Å². The molecule has 2 aromatic rings. The zero-order chi connectivity index (χ0) is 17.4. The van der Waals surface area contributed by atoms with Gasteiger partial charge in [0, 0.05) is 30.5 Å². The summed E-state index contributed by atoms with van der Waals surface area (Å²) >= 11 is 1.52. The van der Waals surface area contributed by atoms with Crippen LogP contribution >= 0.6 is 11.8 Å². The summed E-state index contributed by atoms with van der Waals surface area (Å²) in [6.45, 7) is 2.43. The predicted octanol–water partition coefficient (Wildman–Crippen LogP) is 1.63. The van der Waals surface area contributed by atoms with E-state index in [4.69, 9.17) is 9.47 Å². The highest BCUT2D eigenvalue weighted by molar-refractivity contribution is 7.99. The second-order valence-electron chi connectivity index (χ2n) is 6.02. The van der Waals surface area contributed by atoms with E-state index in [1.807, 2.05) is 18.2 Å². The van der Waals surface area contributed by atoms with Gasteiger partial charge in [0.05, 0.1) is 6.04 Å². The smallest absolute Gasteiger partial charge is 0.254 e. The van der Waals surface area contributed by atoms with Gasteiger partial charge in [0.2, 0.25) is 12.7 Å². The summed E-state index contributed by atoms with van der Waals surface area (Å²) in [5.74, 6) is 2.00. The number of ether oxygens (including phenoxy) is 2. The van der Waals surface area contributed by atoms with E-state index in [0.717, 1.165) is 11.3 Å². The Bertz CT molecular complexity index is 896. The number of nitrogens with zero attached hydrogens (tertiary/aromatic N) is 2. The maximum absolute atomic E-state index is 12.3. The molecule has 0 saturated carbocycles. The van der Waals surface area contributed by atoms with Crippen molar-refractivity contribution in [2.45, 2.75) is 31.1 Å². The lowest BCUT2D eigenvalue weighted by molar-refractivity contribution is -0.121. The number of carbonyl (C=O) groups excluding carboxylic acids is 1. The predicted molar refractivity (Wildman–Crippen MR) is 92.0 cm³/mol. The van der Waals surface area contributed by atoms with Gasteiger partial charge in [-0.25, -0.2) is 4.98 Å².